The summed E-state index contributed by atoms with van der Waals surface area (Å²) in [6.45, 7) is 6.59. The molecule has 2 unspecified atom stereocenters. The lowest BCUT2D eigenvalue weighted by Crippen LogP contribution is -2.27. The highest BCUT2D eigenvalue weighted by molar-refractivity contribution is 7.89. The number of aryl methyl sites for hydroxylation is 1. The van der Waals surface area contributed by atoms with Gasteiger partial charge in [-0.2, -0.15) is 0 Å². The maximum atomic E-state index is 14.0. The molecule has 2 N–H and O–H groups in total. The van der Waals surface area contributed by atoms with Gasteiger partial charge in [0.1, 0.15) is 5.82 Å². The fourth-order valence-electron chi connectivity index (χ4n) is 2.46. The van der Waals surface area contributed by atoms with E-state index in [0.29, 0.717) is 30.1 Å². The summed E-state index contributed by atoms with van der Waals surface area (Å²) in [6.07, 6.45) is 1.86. The highest BCUT2D eigenvalue weighted by Gasteiger charge is 2.38. The number of halogens is 1. The van der Waals surface area contributed by atoms with Crippen molar-refractivity contribution >= 4 is 10.0 Å². The molecule has 6 heteroatoms. The Morgan fingerprint density at radius 1 is 1.33 bits per heavy atom. The van der Waals surface area contributed by atoms with E-state index in [-0.39, 0.29) is 16.8 Å². The maximum absolute atomic E-state index is 14.0. The zero-order valence-electron chi connectivity index (χ0n) is 12.7. The normalized spacial score (nSPS) is 21.5. The van der Waals surface area contributed by atoms with Gasteiger partial charge in [-0.3, -0.25) is 0 Å². The summed E-state index contributed by atoms with van der Waals surface area (Å²) >= 11 is 0. The summed E-state index contributed by atoms with van der Waals surface area (Å²) in [7, 11) is -3.57. The van der Waals surface area contributed by atoms with Crippen molar-refractivity contribution in [3.8, 4) is 0 Å². The molecule has 0 aromatic heterocycles. The van der Waals surface area contributed by atoms with Crippen molar-refractivity contribution in [2.45, 2.75) is 51.1 Å². The zero-order valence-corrected chi connectivity index (χ0v) is 13.6. The van der Waals surface area contributed by atoms with Crippen LogP contribution in [0.3, 0.4) is 0 Å². The molecule has 1 aliphatic rings. The molecule has 1 fully saturated rings. The molecule has 1 aromatic carbocycles. The van der Waals surface area contributed by atoms with Gasteiger partial charge in [0.25, 0.3) is 0 Å². The molecule has 21 heavy (non-hydrogen) atoms. The second kappa shape index (κ2) is 6.42. The molecule has 118 valence electrons. The topological polar surface area (TPSA) is 58.2 Å². The molecule has 0 spiro atoms. The minimum Gasteiger partial charge on any atom is -0.313 e. The van der Waals surface area contributed by atoms with Crippen LogP contribution in [0.4, 0.5) is 4.39 Å². The molecular formula is C15H23FN2O2S. The summed E-state index contributed by atoms with van der Waals surface area (Å²) in [5, 5.41) is 3.03. The Balaban J connectivity index is 2.24. The first-order valence-corrected chi connectivity index (χ1v) is 8.89. The van der Waals surface area contributed by atoms with E-state index in [9.17, 15) is 12.8 Å². The lowest BCUT2D eigenvalue weighted by Gasteiger charge is -2.11. The predicted molar refractivity (Wildman–Crippen MR) is 81.0 cm³/mol. The Hall–Kier alpha value is -0.980. The number of nitrogens with one attached hydrogen (secondary N) is 2. The molecule has 2 atom stereocenters. The van der Waals surface area contributed by atoms with Crippen molar-refractivity contribution in [1.29, 1.82) is 0 Å². The van der Waals surface area contributed by atoms with Crippen LogP contribution in [0.25, 0.3) is 0 Å². The minimum atomic E-state index is -3.57. The van der Waals surface area contributed by atoms with E-state index in [4.69, 9.17) is 0 Å². The lowest BCUT2D eigenvalue weighted by molar-refractivity contribution is 0.569. The van der Waals surface area contributed by atoms with E-state index in [2.05, 4.69) is 17.0 Å². The Labute approximate surface area is 126 Å². The first-order chi connectivity index (χ1) is 9.89. The van der Waals surface area contributed by atoms with Crippen molar-refractivity contribution in [1.82, 2.24) is 10.0 Å². The van der Waals surface area contributed by atoms with Gasteiger partial charge >= 0.3 is 0 Å². The quantitative estimate of drug-likeness (QED) is 0.812. The van der Waals surface area contributed by atoms with Crippen LogP contribution in [-0.4, -0.2) is 21.0 Å². The lowest BCUT2D eigenvalue weighted by atomic mass is 10.1. The minimum absolute atomic E-state index is 0.0302. The summed E-state index contributed by atoms with van der Waals surface area (Å²) in [5.41, 5.74) is 0.744. The summed E-state index contributed by atoms with van der Waals surface area (Å²) in [6, 6.07) is 2.86. The largest absolute Gasteiger partial charge is 0.313 e. The smallest absolute Gasteiger partial charge is 0.240 e. The summed E-state index contributed by atoms with van der Waals surface area (Å²) in [4.78, 5) is 0.149. The maximum Gasteiger partial charge on any atom is 0.240 e. The van der Waals surface area contributed by atoms with Crippen molar-refractivity contribution in [3.63, 3.8) is 0 Å². The van der Waals surface area contributed by atoms with Gasteiger partial charge in [-0.1, -0.05) is 20.3 Å². The van der Waals surface area contributed by atoms with Crippen LogP contribution in [0, 0.1) is 18.7 Å². The molecule has 0 bridgehead atoms. The van der Waals surface area contributed by atoms with Gasteiger partial charge in [0.2, 0.25) is 10.0 Å². The standard InChI is InChI=1S/C15H23FN2O2S/c1-4-11-8-14(11)18-21(19,20)13-6-10(3)15(16)12(7-13)9-17-5-2/h6-7,11,14,17-18H,4-5,8-9H2,1-3H3. The van der Waals surface area contributed by atoms with E-state index in [1.807, 2.05) is 6.92 Å². The average Bonchev–Trinajstić information content (AvgIpc) is 3.17. The fourth-order valence-corrected chi connectivity index (χ4v) is 3.91. The highest BCUT2D eigenvalue weighted by Crippen LogP contribution is 2.34. The number of sulfonamides is 1. The first-order valence-electron chi connectivity index (χ1n) is 7.41. The fraction of sp³-hybridized carbons (Fsp3) is 0.600. The second-order valence-electron chi connectivity index (χ2n) is 5.63. The van der Waals surface area contributed by atoms with E-state index >= 15 is 0 Å². The predicted octanol–water partition coefficient (Wildman–Crippen LogP) is 2.32. The van der Waals surface area contributed by atoms with Crippen LogP contribution in [-0.2, 0) is 16.6 Å². The SMILES string of the molecule is CCNCc1cc(S(=O)(=O)NC2CC2CC)cc(C)c1F. The van der Waals surface area contributed by atoms with Gasteiger partial charge in [0.05, 0.1) is 4.90 Å². The van der Waals surface area contributed by atoms with Gasteiger partial charge < -0.3 is 5.32 Å². The van der Waals surface area contributed by atoms with Gasteiger partial charge in [0.15, 0.2) is 0 Å². The Morgan fingerprint density at radius 2 is 2.05 bits per heavy atom. The molecule has 0 amide bonds. The number of hydrogen-bond acceptors (Lipinski definition) is 3. The van der Waals surface area contributed by atoms with Crippen LogP contribution < -0.4 is 10.0 Å². The van der Waals surface area contributed by atoms with Crippen LogP contribution in [0.15, 0.2) is 17.0 Å². The van der Waals surface area contributed by atoms with Crippen LogP contribution in [0.5, 0.6) is 0 Å². The first kappa shape index (κ1) is 16.4. The molecule has 2 rings (SSSR count). The second-order valence-corrected chi connectivity index (χ2v) is 7.34. The molecule has 4 nitrogen and oxygen atoms in total. The number of hydrogen-bond donors (Lipinski definition) is 2. The van der Waals surface area contributed by atoms with Crippen molar-refractivity contribution < 1.29 is 12.8 Å². The molecule has 1 aromatic rings. The number of benzene rings is 1. The molecule has 0 radical (unpaired) electrons. The Kier molecular flexibility index (Phi) is 5.01. The monoisotopic (exact) mass is 314 g/mol. The van der Waals surface area contributed by atoms with Crippen LogP contribution in [0.2, 0.25) is 0 Å². The molecule has 1 saturated carbocycles. The van der Waals surface area contributed by atoms with Crippen molar-refractivity contribution in [2.24, 2.45) is 5.92 Å². The van der Waals surface area contributed by atoms with Gasteiger partial charge in [-0.05, 0) is 43.5 Å². The summed E-state index contributed by atoms with van der Waals surface area (Å²) < 4.78 is 41.5. The third kappa shape index (κ3) is 3.81. The van der Waals surface area contributed by atoms with Gasteiger partial charge in [-0.15, -0.1) is 0 Å². The Bertz CT molecular complexity index is 616. The molecule has 0 aliphatic heterocycles. The van der Waals surface area contributed by atoms with Gasteiger partial charge in [-0.25, -0.2) is 17.5 Å². The highest BCUT2D eigenvalue weighted by atomic mass is 32.2. The molecule has 1 aliphatic carbocycles. The summed E-state index contributed by atoms with van der Waals surface area (Å²) in [5.74, 6) is 0.0929. The van der Waals surface area contributed by atoms with E-state index in [1.54, 1.807) is 6.92 Å². The van der Waals surface area contributed by atoms with E-state index in [1.165, 1.54) is 12.1 Å². The average molecular weight is 314 g/mol. The van der Waals surface area contributed by atoms with Crippen LogP contribution in [0.1, 0.15) is 37.8 Å². The van der Waals surface area contributed by atoms with Gasteiger partial charge in [0, 0.05) is 18.2 Å². The van der Waals surface area contributed by atoms with Crippen LogP contribution >= 0.6 is 0 Å². The Morgan fingerprint density at radius 3 is 2.62 bits per heavy atom. The number of rotatable bonds is 7. The van der Waals surface area contributed by atoms with E-state index in [0.717, 1.165) is 12.8 Å². The molecule has 0 saturated heterocycles. The molecule has 0 heterocycles. The third-order valence-electron chi connectivity index (χ3n) is 3.93. The van der Waals surface area contributed by atoms with Crippen molar-refractivity contribution in [2.75, 3.05) is 6.54 Å². The zero-order chi connectivity index (χ0) is 15.6. The van der Waals surface area contributed by atoms with Crippen molar-refractivity contribution in [3.05, 3.63) is 29.1 Å². The molecular weight excluding hydrogens is 291 g/mol. The van der Waals surface area contributed by atoms with E-state index < -0.39 is 10.0 Å². The third-order valence-corrected chi connectivity index (χ3v) is 5.40.